The van der Waals surface area contributed by atoms with E-state index in [9.17, 15) is 14.0 Å². The van der Waals surface area contributed by atoms with E-state index in [1.54, 1.807) is 29.2 Å². The van der Waals surface area contributed by atoms with Crippen LogP contribution < -0.4 is 14.4 Å². The number of ether oxygens (including phenoxy) is 2. The predicted octanol–water partition coefficient (Wildman–Crippen LogP) is 2.29. The Balaban J connectivity index is 1.18. The van der Waals surface area contributed by atoms with E-state index in [2.05, 4.69) is 4.90 Å². The van der Waals surface area contributed by atoms with Crippen LogP contribution in [-0.4, -0.2) is 67.6 Å². The van der Waals surface area contributed by atoms with Gasteiger partial charge in [-0.3, -0.25) is 14.5 Å². The third kappa shape index (κ3) is 4.14. The number of anilines is 1. The molecule has 2 amide bonds. The highest BCUT2D eigenvalue weighted by Gasteiger charge is 2.38. The molecule has 0 saturated carbocycles. The molecule has 2 fully saturated rings. The molecule has 0 bridgehead atoms. The van der Waals surface area contributed by atoms with Crippen LogP contribution in [0.2, 0.25) is 0 Å². The van der Waals surface area contributed by atoms with E-state index in [1.165, 1.54) is 6.07 Å². The van der Waals surface area contributed by atoms with Gasteiger partial charge in [-0.2, -0.15) is 0 Å². The van der Waals surface area contributed by atoms with Crippen molar-refractivity contribution in [3.8, 4) is 11.5 Å². The lowest BCUT2D eigenvalue weighted by molar-refractivity contribution is -0.137. The minimum absolute atomic E-state index is 0.0175. The number of hydrogen-bond acceptors (Lipinski definition) is 5. The first kappa shape index (κ1) is 20.8. The third-order valence-corrected chi connectivity index (χ3v) is 6.35. The molecule has 3 aliphatic rings. The zero-order valence-corrected chi connectivity index (χ0v) is 17.8. The second kappa shape index (κ2) is 8.78. The van der Waals surface area contributed by atoms with Crippen molar-refractivity contribution < 1.29 is 23.5 Å². The minimum atomic E-state index is -0.353. The van der Waals surface area contributed by atoms with Crippen molar-refractivity contribution in [2.45, 2.75) is 13.0 Å². The highest BCUT2D eigenvalue weighted by molar-refractivity contribution is 6.00. The van der Waals surface area contributed by atoms with Gasteiger partial charge in [0.05, 0.1) is 5.92 Å². The number of carbonyl (C=O) groups is 2. The largest absolute Gasteiger partial charge is 0.486 e. The Bertz CT molecular complexity index is 1020. The second-order valence-electron chi connectivity index (χ2n) is 8.43. The van der Waals surface area contributed by atoms with E-state index in [0.717, 1.165) is 5.69 Å². The summed E-state index contributed by atoms with van der Waals surface area (Å²) in [4.78, 5) is 31.4. The van der Waals surface area contributed by atoms with Crippen molar-refractivity contribution in [3.05, 3.63) is 53.8 Å². The molecule has 1 atom stereocenters. The summed E-state index contributed by atoms with van der Waals surface area (Å²) >= 11 is 0. The number of halogens is 1. The summed E-state index contributed by atoms with van der Waals surface area (Å²) in [5.74, 6) is 0.709. The number of fused-ring (bicyclic) bond motifs is 1. The standard InChI is InChI=1S/C24H26FN3O4/c25-20-4-2-1-3-17(20)15-26-7-9-27(10-8-26)24(30)18-13-23(29)28(16-18)19-5-6-21-22(14-19)32-12-11-31-21/h1-6,14,18H,7-13,15-16H2/t18-/m0/s1. The average Bonchev–Trinajstić information content (AvgIpc) is 3.22. The van der Waals surface area contributed by atoms with Crippen molar-refractivity contribution in [2.24, 2.45) is 5.92 Å². The zero-order valence-electron chi connectivity index (χ0n) is 17.8. The molecule has 0 aromatic heterocycles. The maximum Gasteiger partial charge on any atom is 0.228 e. The van der Waals surface area contributed by atoms with Crippen LogP contribution in [0.3, 0.4) is 0 Å². The molecule has 8 heteroatoms. The van der Waals surface area contributed by atoms with Crippen LogP contribution >= 0.6 is 0 Å². The molecular formula is C24H26FN3O4. The Morgan fingerprint density at radius 2 is 1.75 bits per heavy atom. The molecule has 0 unspecified atom stereocenters. The topological polar surface area (TPSA) is 62.3 Å². The first-order valence-corrected chi connectivity index (χ1v) is 11.0. The molecule has 2 aromatic carbocycles. The van der Waals surface area contributed by atoms with Crippen molar-refractivity contribution in [1.29, 1.82) is 0 Å². The van der Waals surface area contributed by atoms with Crippen molar-refractivity contribution in [1.82, 2.24) is 9.80 Å². The van der Waals surface area contributed by atoms with E-state index in [0.29, 0.717) is 69.5 Å². The molecule has 0 radical (unpaired) electrons. The van der Waals surface area contributed by atoms with Gasteiger partial charge < -0.3 is 19.3 Å². The van der Waals surface area contributed by atoms with E-state index >= 15 is 0 Å². The average molecular weight is 439 g/mol. The molecule has 7 nitrogen and oxygen atoms in total. The van der Waals surface area contributed by atoms with Gasteiger partial charge >= 0.3 is 0 Å². The number of piperazine rings is 1. The van der Waals surface area contributed by atoms with Crippen LogP contribution in [0, 0.1) is 11.7 Å². The summed E-state index contributed by atoms with van der Waals surface area (Å²) in [5, 5.41) is 0. The summed E-state index contributed by atoms with van der Waals surface area (Å²) in [6.45, 7) is 4.44. The van der Waals surface area contributed by atoms with Crippen molar-refractivity contribution in [3.63, 3.8) is 0 Å². The van der Waals surface area contributed by atoms with Crippen LogP contribution in [0.4, 0.5) is 10.1 Å². The van der Waals surface area contributed by atoms with Crippen molar-refractivity contribution >= 4 is 17.5 Å². The fourth-order valence-corrected chi connectivity index (χ4v) is 4.57. The Morgan fingerprint density at radius 3 is 2.53 bits per heavy atom. The highest BCUT2D eigenvalue weighted by atomic mass is 19.1. The molecule has 2 saturated heterocycles. The van der Waals surface area contributed by atoms with Gasteiger partial charge in [-0.15, -0.1) is 0 Å². The van der Waals surface area contributed by atoms with Gasteiger partial charge in [-0.25, -0.2) is 4.39 Å². The van der Waals surface area contributed by atoms with Crippen molar-refractivity contribution in [2.75, 3.05) is 50.8 Å². The molecule has 0 aliphatic carbocycles. The van der Waals surface area contributed by atoms with Crippen LogP contribution in [0.25, 0.3) is 0 Å². The van der Waals surface area contributed by atoms with E-state index in [1.807, 2.05) is 17.0 Å². The monoisotopic (exact) mass is 439 g/mol. The van der Waals surface area contributed by atoms with E-state index < -0.39 is 0 Å². The van der Waals surface area contributed by atoms with Crippen LogP contribution in [0.15, 0.2) is 42.5 Å². The molecule has 32 heavy (non-hydrogen) atoms. The number of hydrogen-bond donors (Lipinski definition) is 0. The smallest absolute Gasteiger partial charge is 0.228 e. The molecule has 5 rings (SSSR count). The predicted molar refractivity (Wildman–Crippen MR) is 116 cm³/mol. The minimum Gasteiger partial charge on any atom is -0.486 e. The molecular weight excluding hydrogens is 413 g/mol. The van der Waals surface area contributed by atoms with Gasteiger partial charge in [0.1, 0.15) is 19.0 Å². The van der Waals surface area contributed by atoms with Gasteiger partial charge in [-0.1, -0.05) is 18.2 Å². The first-order chi connectivity index (χ1) is 15.6. The highest BCUT2D eigenvalue weighted by Crippen LogP contribution is 2.36. The Hall–Kier alpha value is -3.13. The van der Waals surface area contributed by atoms with Gasteiger partial charge in [-0.05, 0) is 18.2 Å². The summed E-state index contributed by atoms with van der Waals surface area (Å²) in [6, 6.07) is 12.2. The van der Waals surface area contributed by atoms with Crippen LogP contribution in [-0.2, 0) is 16.1 Å². The lowest BCUT2D eigenvalue weighted by atomic mass is 10.1. The summed E-state index contributed by atoms with van der Waals surface area (Å²) in [7, 11) is 0. The molecule has 3 aliphatic heterocycles. The lowest BCUT2D eigenvalue weighted by Gasteiger charge is -2.36. The van der Waals surface area contributed by atoms with E-state index in [4.69, 9.17) is 9.47 Å². The Labute approximate surface area is 186 Å². The zero-order chi connectivity index (χ0) is 22.1. The maximum absolute atomic E-state index is 13.9. The van der Waals surface area contributed by atoms with Crippen LogP contribution in [0.1, 0.15) is 12.0 Å². The molecule has 2 aromatic rings. The number of rotatable bonds is 4. The third-order valence-electron chi connectivity index (χ3n) is 6.35. The number of carbonyl (C=O) groups excluding carboxylic acids is 2. The fraction of sp³-hybridized carbons (Fsp3) is 0.417. The van der Waals surface area contributed by atoms with Crippen LogP contribution in [0.5, 0.6) is 11.5 Å². The molecule has 168 valence electrons. The molecule has 3 heterocycles. The van der Waals surface area contributed by atoms with E-state index in [-0.39, 0.29) is 30.0 Å². The van der Waals surface area contributed by atoms with Gasteiger partial charge in [0.2, 0.25) is 11.8 Å². The van der Waals surface area contributed by atoms with Gasteiger partial charge in [0, 0.05) is 63.0 Å². The lowest BCUT2D eigenvalue weighted by Crippen LogP contribution is -2.50. The fourth-order valence-electron chi connectivity index (χ4n) is 4.57. The maximum atomic E-state index is 13.9. The molecule has 0 N–H and O–H groups in total. The number of nitrogens with zero attached hydrogens (tertiary/aromatic N) is 3. The summed E-state index contributed by atoms with van der Waals surface area (Å²) in [6.07, 6.45) is 0.211. The Morgan fingerprint density at radius 1 is 1.00 bits per heavy atom. The van der Waals surface area contributed by atoms with Gasteiger partial charge in [0.25, 0.3) is 0 Å². The number of benzene rings is 2. The summed E-state index contributed by atoms with van der Waals surface area (Å²) < 4.78 is 25.1. The van der Waals surface area contributed by atoms with Gasteiger partial charge in [0.15, 0.2) is 11.5 Å². The normalized spacial score (nSPS) is 21.2. The first-order valence-electron chi connectivity index (χ1n) is 11.0. The molecule has 0 spiro atoms. The quantitative estimate of drug-likeness (QED) is 0.732. The number of amides is 2. The SMILES string of the molecule is O=C([C@H]1CC(=O)N(c2ccc3c(c2)OCCO3)C1)N1CCN(Cc2ccccc2F)CC1. The summed E-state index contributed by atoms with van der Waals surface area (Å²) in [5.41, 5.74) is 1.40. The second-order valence-corrected chi connectivity index (χ2v) is 8.43. The Kier molecular flexibility index (Phi) is 5.70.